The van der Waals surface area contributed by atoms with Crippen LogP contribution in [0.1, 0.15) is 13.8 Å². The van der Waals surface area contributed by atoms with Crippen molar-refractivity contribution in [3.63, 3.8) is 0 Å². The van der Waals surface area contributed by atoms with E-state index >= 15 is 0 Å². The molecule has 0 radical (unpaired) electrons. The highest BCUT2D eigenvalue weighted by Crippen LogP contribution is 1.81. The summed E-state index contributed by atoms with van der Waals surface area (Å²) < 4.78 is 0. The van der Waals surface area contributed by atoms with Crippen molar-refractivity contribution in [2.75, 3.05) is 0 Å². The molecular formula is C4H10BNO3. The average Bonchev–Trinajstić information content (AvgIpc) is 1.65. The van der Waals surface area contributed by atoms with Crippen LogP contribution in [-0.4, -0.2) is 22.4 Å². The van der Waals surface area contributed by atoms with Gasteiger partial charge in [-0.05, 0) is 13.8 Å². The summed E-state index contributed by atoms with van der Waals surface area (Å²) in [6.45, 7) is 3.72. The summed E-state index contributed by atoms with van der Waals surface area (Å²) in [5, 5.41) is 29.4. The van der Waals surface area contributed by atoms with Crippen LogP contribution >= 0.6 is 0 Å². The molecule has 0 amide bonds. The molecular weight excluding hydrogens is 121 g/mol. The van der Waals surface area contributed by atoms with Crippen molar-refractivity contribution in [3.8, 4) is 6.07 Å². The Labute approximate surface area is 54.5 Å². The molecule has 9 heavy (non-hydrogen) atoms. The predicted octanol–water partition coefficient (Wildman–Crippen LogP) is -0.886. The van der Waals surface area contributed by atoms with Crippen molar-refractivity contribution in [3.05, 3.63) is 0 Å². The zero-order chi connectivity index (χ0) is 7.86. The van der Waals surface area contributed by atoms with E-state index in [1.807, 2.05) is 19.9 Å². The highest BCUT2D eigenvalue weighted by atomic mass is 16.5. The Morgan fingerprint density at radius 2 is 1.44 bits per heavy atom. The Balaban J connectivity index is 0. The number of hydrogen-bond acceptors (Lipinski definition) is 4. The molecule has 0 fully saturated rings. The second kappa shape index (κ2) is 7.43. The SMILES string of the molecule is CC(C)C#N.OB(O)O. The number of nitriles is 1. The third-order valence-corrected chi connectivity index (χ3v) is 0.258. The molecule has 0 aromatic rings. The third kappa shape index (κ3) is 107. The minimum atomic E-state index is -2.17. The van der Waals surface area contributed by atoms with E-state index < -0.39 is 7.32 Å². The Kier molecular flexibility index (Phi) is 9.30. The van der Waals surface area contributed by atoms with E-state index in [9.17, 15) is 0 Å². The van der Waals surface area contributed by atoms with Crippen molar-refractivity contribution in [2.45, 2.75) is 13.8 Å². The fourth-order valence-electron chi connectivity index (χ4n) is 0. The van der Waals surface area contributed by atoms with Crippen molar-refractivity contribution in [1.82, 2.24) is 0 Å². The first-order valence-electron chi connectivity index (χ1n) is 2.44. The molecule has 0 saturated carbocycles. The van der Waals surface area contributed by atoms with Gasteiger partial charge < -0.3 is 15.1 Å². The molecule has 5 heteroatoms. The molecule has 0 rings (SSSR count). The Hall–Kier alpha value is -0.565. The van der Waals surface area contributed by atoms with Crippen molar-refractivity contribution in [1.29, 1.82) is 5.26 Å². The fraction of sp³-hybridized carbons (Fsp3) is 0.750. The highest BCUT2D eigenvalue weighted by molar-refractivity contribution is 6.30. The zero-order valence-electron chi connectivity index (χ0n) is 5.44. The fourth-order valence-corrected chi connectivity index (χ4v) is 0. The minimum Gasteiger partial charge on any atom is -0.402 e. The first-order chi connectivity index (χ1) is 4.00. The lowest BCUT2D eigenvalue weighted by atomic mass is 10.3. The van der Waals surface area contributed by atoms with E-state index in [1.165, 1.54) is 0 Å². The average molecular weight is 131 g/mol. The van der Waals surface area contributed by atoms with Gasteiger partial charge in [-0.15, -0.1) is 0 Å². The molecule has 0 aliphatic rings. The van der Waals surface area contributed by atoms with Gasteiger partial charge in [-0.1, -0.05) is 0 Å². The molecule has 52 valence electrons. The molecule has 0 aromatic carbocycles. The maximum atomic E-state index is 7.89. The normalized spacial score (nSPS) is 7.22. The smallest absolute Gasteiger partial charge is 0.402 e. The summed E-state index contributed by atoms with van der Waals surface area (Å²) in [5.74, 6) is 0.190. The Bertz CT molecular complexity index is 85.5. The number of nitrogens with zero attached hydrogens (tertiary/aromatic N) is 1. The second-order valence-corrected chi connectivity index (χ2v) is 1.63. The molecule has 0 atom stereocenters. The van der Waals surface area contributed by atoms with Crippen LogP contribution in [0.4, 0.5) is 0 Å². The molecule has 0 bridgehead atoms. The molecule has 0 unspecified atom stereocenters. The minimum absolute atomic E-state index is 0.190. The molecule has 0 spiro atoms. The molecule has 0 aromatic heterocycles. The van der Waals surface area contributed by atoms with Gasteiger partial charge in [-0.2, -0.15) is 5.26 Å². The molecule has 0 aliphatic heterocycles. The van der Waals surface area contributed by atoms with Gasteiger partial charge in [-0.3, -0.25) is 0 Å². The largest absolute Gasteiger partial charge is 0.631 e. The van der Waals surface area contributed by atoms with Crippen molar-refractivity contribution in [2.24, 2.45) is 5.92 Å². The summed E-state index contributed by atoms with van der Waals surface area (Å²) in [5.41, 5.74) is 0. The Morgan fingerprint density at radius 1 is 1.33 bits per heavy atom. The van der Waals surface area contributed by atoms with Crippen LogP contribution in [0.15, 0.2) is 0 Å². The lowest BCUT2D eigenvalue weighted by Crippen LogP contribution is -2.07. The summed E-state index contributed by atoms with van der Waals surface area (Å²) in [6, 6.07) is 2.03. The van der Waals surface area contributed by atoms with Gasteiger partial charge in [0.1, 0.15) is 0 Å². The molecule has 4 nitrogen and oxygen atoms in total. The van der Waals surface area contributed by atoms with Crippen LogP contribution in [0.25, 0.3) is 0 Å². The molecule has 0 saturated heterocycles. The topological polar surface area (TPSA) is 84.5 Å². The number of hydrogen-bond donors (Lipinski definition) is 3. The van der Waals surface area contributed by atoms with E-state index in [0.29, 0.717) is 0 Å². The zero-order valence-corrected chi connectivity index (χ0v) is 5.44. The highest BCUT2D eigenvalue weighted by Gasteiger charge is 1.92. The molecule has 3 N–H and O–H groups in total. The van der Waals surface area contributed by atoms with E-state index in [1.54, 1.807) is 0 Å². The summed E-state index contributed by atoms with van der Waals surface area (Å²) in [7, 11) is -2.17. The van der Waals surface area contributed by atoms with Crippen LogP contribution < -0.4 is 0 Å². The van der Waals surface area contributed by atoms with Gasteiger partial charge in [0.05, 0.1) is 6.07 Å². The summed E-state index contributed by atoms with van der Waals surface area (Å²) in [6.07, 6.45) is 0. The van der Waals surface area contributed by atoms with Crippen LogP contribution in [-0.2, 0) is 0 Å². The first kappa shape index (κ1) is 11.3. The maximum Gasteiger partial charge on any atom is 0.631 e. The van der Waals surface area contributed by atoms with E-state index in [2.05, 4.69) is 0 Å². The van der Waals surface area contributed by atoms with Crippen molar-refractivity contribution < 1.29 is 15.1 Å². The lowest BCUT2D eigenvalue weighted by molar-refractivity contribution is 0.278. The van der Waals surface area contributed by atoms with Crippen molar-refractivity contribution >= 4 is 7.32 Å². The molecule has 0 aliphatic carbocycles. The summed E-state index contributed by atoms with van der Waals surface area (Å²) >= 11 is 0. The monoisotopic (exact) mass is 131 g/mol. The molecule has 0 heterocycles. The Morgan fingerprint density at radius 3 is 1.44 bits per heavy atom. The van der Waals surface area contributed by atoms with Crippen LogP contribution in [0.5, 0.6) is 0 Å². The quantitative estimate of drug-likeness (QED) is 0.372. The van der Waals surface area contributed by atoms with Gasteiger partial charge in [0.2, 0.25) is 0 Å². The lowest BCUT2D eigenvalue weighted by Gasteiger charge is -1.75. The standard InChI is InChI=1S/C4H7N.BH3O3/c1-4(2)3-5;2-1(3)4/h4H,1-2H3;2-4H. The first-order valence-corrected chi connectivity index (χ1v) is 2.44. The predicted molar refractivity (Wildman–Crippen MR) is 32.9 cm³/mol. The maximum absolute atomic E-state index is 7.89. The van der Waals surface area contributed by atoms with Gasteiger partial charge in [0, 0.05) is 5.92 Å². The number of rotatable bonds is 0. The van der Waals surface area contributed by atoms with Crippen LogP contribution in [0.3, 0.4) is 0 Å². The van der Waals surface area contributed by atoms with Gasteiger partial charge in [0.25, 0.3) is 0 Å². The third-order valence-electron chi connectivity index (χ3n) is 0.258. The van der Waals surface area contributed by atoms with Gasteiger partial charge >= 0.3 is 7.32 Å². The second-order valence-electron chi connectivity index (χ2n) is 1.63. The van der Waals surface area contributed by atoms with E-state index in [4.69, 9.17) is 20.3 Å². The van der Waals surface area contributed by atoms with E-state index in [0.717, 1.165) is 0 Å². The summed E-state index contributed by atoms with van der Waals surface area (Å²) in [4.78, 5) is 0. The van der Waals surface area contributed by atoms with Gasteiger partial charge in [-0.25, -0.2) is 0 Å². The van der Waals surface area contributed by atoms with E-state index in [-0.39, 0.29) is 5.92 Å². The van der Waals surface area contributed by atoms with Gasteiger partial charge in [0.15, 0.2) is 0 Å². The van der Waals surface area contributed by atoms with Crippen LogP contribution in [0, 0.1) is 17.2 Å². The van der Waals surface area contributed by atoms with Crippen LogP contribution in [0.2, 0.25) is 0 Å².